The summed E-state index contributed by atoms with van der Waals surface area (Å²) in [5.41, 5.74) is 6.53. The molecule has 0 atom stereocenters. The summed E-state index contributed by atoms with van der Waals surface area (Å²) in [6, 6.07) is 20.0. The van der Waals surface area contributed by atoms with E-state index in [4.69, 9.17) is 9.97 Å². The molecule has 3 aromatic heterocycles. The lowest BCUT2D eigenvalue weighted by Gasteiger charge is -2.27. The molecule has 1 aliphatic heterocycles. The van der Waals surface area contributed by atoms with Crippen molar-refractivity contribution in [1.82, 2.24) is 19.9 Å². The molecule has 0 unspecified atom stereocenters. The highest BCUT2D eigenvalue weighted by Crippen LogP contribution is 2.44. The second-order valence-electron chi connectivity index (χ2n) is 8.48. The lowest BCUT2D eigenvalue weighted by Crippen LogP contribution is -2.27. The molecule has 0 fully saturated rings. The fraction of sp³-hybridized carbons (Fsp3) is 0.185. The maximum Gasteiger partial charge on any atom is 0.173 e. The zero-order valence-electron chi connectivity index (χ0n) is 18.7. The molecule has 0 N–H and O–H groups in total. The van der Waals surface area contributed by atoms with Gasteiger partial charge in [-0.2, -0.15) is 0 Å². The zero-order valence-corrected chi connectivity index (χ0v) is 20.3. The van der Waals surface area contributed by atoms with Gasteiger partial charge in [-0.25, -0.2) is 15.0 Å². The van der Waals surface area contributed by atoms with Gasteiger partial charge in [-0.15, -0.1) is 11.3 Å². The predicted octanol–water partition coefficient (Wildman–Crippen LogP) is 5.87. The SMILES string of the molecule is CN1CCc2nc3sc4c(SCC(=O)c5ccccc5)ncnc4c3c(-c3ccccc3)c2C1. The molecule has 0 aliphatic carbocycles. The van der Waals surface area contributed by atoms with Crippen molar-refractivity contribution in [2.75, 3.05) is 19.3 Å². The Bertz CT molecular complexity index is 1520. The maximum atomic E-state index is 12.7. The lowest BCUT2D eigenvalue weighted by molar-refractivity contribution is 0.102. The van der Waals surface area contributed by atoms with Crippen LogP contribution in [0.25, 0.3) is 31.6 Å². The van der Waals surface area contributed by atoms with E-state index in [1.54, 1.807) is 17.7 Å². The molecule has 34 heavy (non-hydrogen) atoms. The number of nitrogens with zero attached hydrogens (tertiary/aromatic N) is 4. The lowest BCUT2D eigenvalue weighted by atomic mass is 9.92. The first-order valence-electron chi connectivity index (χ1n) is 11.2. The third-order valence-corrected chi connectivity index (χ3v) is 8.41. The van der Waals surface area contributed by atoms with E-state index in [1.165, 1.54) is 34.1 Å². The van der Waals surface area contributed by atoms with E-state index < -0.39 is 0 Å². The molecule has 4 heterocycles. The Hall–Kier alpha value is -3.13. The maximum absolute atomic E-state index is 12.7. The smallest absolute Gasteiger partial charge is 0.173 e. The Morgan fingerprint density at radius 3 is 2.62 bits per heavy atom. The molecule has 0 bridgehead atoms. The summed E-state index contributed by atoms with van der Waals surface area (Å²) >= 11 is 3.11. The molecule has 0 saturated heterocycles. The minimum absolute atomic E-state index is 0.0973. The van der Waals surface area contributed by atoms with E-state index in [-0.39, 0.29) is 5.78 Å². The van der Waals surface area contributed by atoms with Gasteiger partial charge in [0.15, 0.2) is 5.78 Å². The highest BCUT2D eigenvalue weighted by atomic mass is 32.2. The monoisotopic (exact) mass is 482 g/mol. The van der Waals surface area contributed by atoms with Gasteiger partial charge in [-0.1, -0.05) is 72.4 Å². The van der Waals surface area contributed by atoms with E-state index in [1.807, 2.05) is 36.4 Å². The molecule has 0 saturated carbocycles. The molecule has 5 nitrogen and oxygen atoms in total. The van der Waals surface area contributed by atoms with Crippen molar-refractivity contribution < 1.29 is 4.79 Å². The van der Waals surface area contributed by atoms with Crippen LogP contribution in [0.1, 0.15) is 21.6 Å². The first-order valence-corrected chi connectivity index (χ1v) is 13.0. The quantitative estimate of drug-likeness (QED) is 0.177. The molecule has 0 spiro atoms. The number of ketones is 1. The van der Waals surface area contributed by atoms with Crippen molar-refractivity contribution in [2.24, 2.45) is 0 Å². The molecule has 1 aliphatic rings. The van der Waals surface area contributed by atoms with E-state index in [2.05, 4.69) is 41.2 Å². The van der Waals surface area contributed by atoms with Crippen LogP contribution in [-0.4, -0.2) is 45.0 Å². The highest BCUT2D eigenvalue weighted by Gasteiger charge is 2.25. The number of fused-ring (bicyclic) bond motifs is 4. The van der Waals surface area contributed by atoms with Crippen LogP contribution in [0.4, 0.5) is 0 Å². The predicted molar refractivity (Wildman–Crippen MR) is 140 cm³/mol. The van der Waals surface area contributed by atoms with Gasteiger partial charge in [-0.3, -0.25) is 4.79 Å². The Labute approximate surface area is 205 Å². The Morgan fingerprint density at radius 1 is 1.06 bits per heavy atom. The number of likely N-dealkylation sites (N-methyl/N-ethyl adjacent to an activating group) is 1. The summed E-state index contributed by atoms with van der Waals surface area (Å²) < 4.78 is 1.00. The van der Waals surface area contributed by atoms with Crippen molar-refractivity contribution in [3.05, 3.63) is 83.8 Å². The van der Waals surface area contributed by atoms with E-state index >= 15 is 0 Å². The van der Waals surface area contributed by atoms with Crippen molar-refractivity contribution in [3.8, 4) is 11.1 Å². The van der Waals surface area contributed by atoms with Crippen LogP contribution in [0.2, 0.25) is 0 Å². The Balaban J connectivity index is 1.50. The van der Waals surface area contributed by atoms with Gasteiger partial charge >= 0.3 is 0 Å². The number of aromatic nitrogens is 3. The van der Waals surface area contributed by atoms with Gasteiger partial charge in [0.2, 0.25) is 0 Å². The van der Waals surface area contributed by atoms with Crippen LogP contribution in [0, 0.1) is 0 Å². The van der Waals surface area contributed by atoms with E-state index in [0.717, 1.165) is 50.5 Å². The number of hydrogen-bond donors (Lipinski definition) is 0. The molecular formula is C27H22N4OS2. The van der Waals surface area contributed by atoms with Crippen molar-refractivity contribution >= 4 is 49.3 Å². The molecule has 0 radical (unpaired) electrons. The van der Waals surface area contributed by atoms with Gasteiger partial charge in [0.1, 0.15) is 16.2 Å². The van der Waals surface area contributed by atoms with Crippen molar-refractivity contribution in [1.29, 1.82) is 0 Å². The summed E-state index contributed by atoms with van der Waals surface area (Å²) in [6.07, 6.45) is 2.55. The average Bonchev–Trinajstić information content (AvgIpc) is 3.25. The van der Waals surface area contributed by atoms with Gasteiger partial charge < -0.3 is 4.90 Å². The Morgan fingerprint density at radius 2 is 1.82 bits per heavy atom. The highest BCUT2D eigenvalue weighted by molar-refractivity contribution is 8.00. The zero-order chi connectivity index (χ0) is 23.1. The van der Waals surface area contributed by atoms with Crippen LogP contribution in [0.5, 0.6) is 0 Å². The molecule has 5 aromatic rings. The molecule has 168 valence electrons. The fourth-order valence-corrected chi connectivity index (χ4v) is 6.68. The number of thiophene rings is 1. The minimum Gasteiger partial charge on any atom is -0.302 e. The van der Waals surface area contributed by atoms with Gasteiger partial charge in [0.25, 0.3) is 0 Å². The number of carbonyl (C=O) groups is 1. The first-order chi connectivity index (χ1) is 16.7. The number of Topliss-reactive ketones (excluding diaryl/α,β-unsaturated/α-hetero) is 1. The normalized spacial score (nSPS) is 13.9. The summed E-state index contributed by atoms with van der Waals surface area (Å²) in [5, 5.41) is 1.94. The van der Waals surface area contributed by atoms with Gasteiger partial charge in [-0.05, 0) is 18.2 Å². The second-order valence-corrected chi connectivity index (χ2v) is 10.4. The van der Waals surface area contributed by atoms with Crippen LogP contribution in [0.3, 0.4) is 0 Å². The number of hydrogen-bond acceptors (Lipinski definition) is 7. The molecule has 2 aromatic carbocycles. The Kier molecular flexibility index (Phi) is 5.61. The number of rotatable bonds is 5. The van der Waals surface area contributed by atoms with Gasteiger partial charge in [0, 0.05) is 41.7 Å². The summed E-state index contributed by atoms with van der Waals surface area (Å²) in [6.45, 7) is 1.88. The standard InChI is InChI=1S/C27H22N4OS2/c1-31-13-12-20-19(14-31)22(18-10-6-3-7-11-18)23-24-25(34-26(23)30-20)27(29-16-28-24)33-15-21(32)17-8-4-2-5-9-17/h2-11,16H,12-15H2,1H3. The van der Waals surface area contributed by atoms with Crippen molar-refractivity contribution in [2.45, 2.75) is 18.0 Å². The molecule has 0 amide bonds. The number of pyridine rings is 1. The molecular weight excluding hydrogens is 460 g/mol. The van der Waals surface area contributed by atoms with Crippen LogP contribution in [-0.2, 0) is 13.0 Å². The van der Waals surface area contributed by atoms with Crippen LogP contribution in [0.15, 0.2) is 72.0 Å². The minimum atomic E-state index is 0.0973. The molecule has 6 rings (SSSR count). The van der Waals surface area contributed by atoms with Crippen LogP contribution < -0.4 is 0 Å². The molecule has 7 heteroatoms. The average molecular weight is 483 g/mol. The first kappa shape index (κ1) is 21.4. The van der Waals surface area contributed by atoms with E-state index in [9.17, 15) is 4.79 Å². The summed E-state index contributed by atoms with van der Waals surface area (Å²) in [5.74, 6) is 0.435. The number of carbonyl (C=O) groups excluding carboxylic acids is 1. The van der Waals surface area contributed by atoms with E-state index in [0.29, 0.717) is 5.75 Å². The third-order valence-electron chi connectivity index (χ3n) is 6.21. The number of thioether (sulfide) groups is 1. The van der Waals surface area contributed by atoms with Crippen molar-refractivity contribution in [3.63, 3.8) is 0 Å². The van der Waals surface area contributed by atoms with Crippen LogP contribution >= 0.6 is 23.1 Å². The summed E-state index contributed by atoms with van der Waals surface area (Å²) in [7, 11) is 2.16. The second kappa shape index (κ2) is 8.91. The summed E-state index contributed by atoms with van der Waals surface area (Å²) in [4.78, 5) is 30.4. The fourth-order valence-electron chi connectivity index (χ4n) is 4.56. The topological polar surface area (TPSA) is 59.0 Å². The van der Waals surface area contributed by atoms with Gasteiger partial charge in [0.05, 0.1) is 16.0 Å². The third kappa shape index (κ3) is 3.79. The largest absolute Gasteiger partial charge is 0.302 e. The number of benzene rings is 2.